The van der Waals surface area contributed by atoms with E-state index in [1.165, 1.54) is 0 Å². The van der Waals surface area contributed by atoms with Crippen molar-refractivity contribution in [3.63, 3.8) is 0 Å². The molecule has 2 bridgehead atoms. The van der Waals surface area contributed by atoms with E-state index < -0.39 is 17.9 Å². The van der Waals surface area contributed by atoms with Crippen LogP contribution in [-0.2, 0) is 16.0 Å². The fourth-order valence-corrected chi connectivity index (χ4v) is 3.68. The lowest BCUT2D eigenvalue weighted by Crippen LogP contribution is -2.33. The molecule has 4 atom stereocenters. The quantitative estimate of drug-likeness (QED) is 0.868. The number of rotatable bonds is 5. The molecule has 3 rings (SSSR count). The van der Waals surface area contributed by atoms with Gasteiger partial charge < -0.3 is 14.9 Å². The summed E-state index contributed by atoms with van der Waals surface area (Å²) in [6.45, 7) is 0. The highest BCUT2D eigenvalue weighted by Gasteiger charge is 2.51. The molecule has 2 aliphatic rings. The first-order valence-electron chi connectivity index (χ1n) is 7.27. The predicted octanol–water partition coefficient (Wildman–Crippen LogP) is 2.20. The van der Waals surface area contributed by atoms with Crippen molar-refractivity contribution in [2.45, 2.75) is 37.9 Å². The van der Waals surface area contributed by atoms with E-state index in [0.717, 1.165) is 24.8 Å². The van der Waals surface area contributed by atoms with E-state index in [1.54, 1.807) is 18.2 Å². The van der Waals surface area contributed by atoms with E-state index in [0.29, 0.717) is 6.42 Å². The summed E-state index contributed by atoms with van der Waals surface area (Å²) >= 11 is 0. The third-order valence-electron chi connectivity index (χ3n) is 4.65. The number of benzene rings is 1. The highest BCUT2D eigenvalue weighted by atomic mass is 16.5. The van der Waals surface area contributed by atoms with Gasteiger partial charge in [0.05, 0.1) is 23.7 Å². The van der Waals surface area contributed by atoms with Gasteiger partial charge in [0.2, 0.25) is 0 Å². The van der Waals surface area contributed by atoms with Crippen molar-refractivity contribution in [1.82, 2.24) is 0 Å². The van der Waals surface area contributed by atoms with Crippen LogP contribution in [0.2, 0.25) is 0 Å². The number of hydrogen-bond acceptors (Lipinski definition) is 3. The molecule has 1 aromatic rings. The van der Waals surface area contributed by atoms with Crippen molar-refractivity contribution in [1.29, 1.82) is 0 Å². The van der Waals surface area contributed by atoms with Crippen molar-refractivity contribution in [3.05, 3.63) is 35.4 Å². The first kappa shape index (κ1) is 14.1. The minimum atomic E-state index is -0.941. The largest absolute Gasteiger partial charge is 0.481 e. The first-order chi connectivity index (χ1) is 10.1. The molecule has 0 aliphatic carbocycles. The van der Waals surface area contributed by atoms with E-state index in [-0.39, 0.29) is 23.7 Å². The van der Waals surface area contributed by atoms with Gasteiger partial charge in [-0.25, -0.2) is 4.79 Å². The van der Waals surface area contributed by atoms with E-state index in [4.69, 9.17) is 9.84 Å². The first-order valence-corrected chi connectivity index (χ1v) is 7.27. The lowest BCUT2D eigenvalue weighted by atomic mass is 9.76. The minimum absolute atomic E-state index is 0.0368. The number of carboxylic acid groups (broad SMARTS) is 2. The van der Waals surface area contributed by atoms with E-state index in [1.807, 2.05) is 6.07 Å². The molecule has 2 saturated heterocycles. The van der Waals surface area contributed by atoms with Crippen LogP contribution in [0.5, 0.6) is 0 Å². The van der Waals surface area contributed by atoms with Crippen LogP contribution >= 0.6 is 0 Å². The van der Waals surface area contributed by atoms with E-state index >= 15 is 0 Å². The van der Waals surface area contributed by atoms with Crippen molar-refractivity contribution < 1.29 is 24.5 Å². The van der Waals surface area contributed by atoms with Crippen LogP contribution in [0, 0.1) is 11.8 Å². The van der Waals surface area contributed by atoms with Crippen LogP contribution in [0.15, 0.2) is 24.3 Å². The molecule has 0 spiro atoms. The van der Waals surface area contributed by atoms with Gasteiger partial charge in [-0.2, -0.15) is 0 Å². The van der Waals surface area contributed by atoms with Crippen LogP contribution in [0.3, 0.4) is 0 Å². The number of carboxylic acids is 2. The summed E-state index contributed by atoms with van der Waals surface area (Å²) in [6.07, 6.45) is 3.10. The van der Waals surface area contributed by atoms with Gasteiger partial charge in [0.25, 0.3) is 0 Å². The highest BCUT2D eigenvalue weighted by Crippen LogP contribution is 2.45. The summed E-state index contributed by atoms with van der Waals surface area (Å²) in [5, 5.41) is 18.4. The molecular formula is C16H18O5. The lowest BCUT2D eigenvalue weighted by molar-refractivity contribution is -0.144. The standard InChI is InChI=1S/C16H18O5/c17-15(18)10-3-1-2-9(8-10)4-5-11-12-6-7-13(21-12)14(11)16(19)20/h1-3,8,11-14H,4-7H2,(H,17,18)(H,19,20)/t11-,12-,13+,14-/m1/s1. The Hall–Kier alpha value is -1.88. The fourth-order valence-electron chi connectivity index (χ4n) is 3.68. The molecule has 21 heavy (non-hydrogen) atoms. The minimum Gasteiger partial charge on any atom is -0.481 e. The Kier molecular flexibility index (Phi) is 3.68. The fraction of sp³-hybridized carbons (Fsp3) is 0.500. The molecule has 2 aliphatic heterocycles. The summed E-state index contributed by atoms with van der Waals surface area (Å²) < 4.78 is 5.73. The molecule has 5 heteroatoms. The van der Waals surface area contributed by atoms with Gasteiger partial charge in [0.1, 0.15) is 0 Å². The molecule has 0 unspecified atom stereocenters. The number of carbonyl (C=O) groups is 2. The Labute approximate surface area is 122 Å². The molecule has 2 fully saturated rings. The Bertz CT molecular complexity index is 568. The molecule has 0 saturated carbocycles. The number of fused-ring (bicyclic) bond motifs is 2. The zero-order valence-electron chi connectivity index (χ0n) is 11.6. The van der Waals surface area contributed by atoms with Gasteiger partial charge in [-0.3, -0.25) is 4.79 Å². The molecule has 5 nitrogen and oxygen atoms in total. The second-order valence-electron chi connectivity index (χ2n) is 5.86. The van der Waals surface area contributed by atoms with Gasteiger partial charge in [0, 0.05) is 5.92 Å². The Balaban J connectivity index is 1.68. The van der Waals surface area contributed by atoms with Crippen molar-refractivity contribution in [2.24, 2.45) is 11.8 Å². The van der Waals surface area contributed by atoms with Crippen LogP contribution in [0.25, 0.3) is 0 Å². The van der Waals surface area contributed by atoms with Crippen molar-refractivity contribution in [2.75, 3.05) is 0 Å². The van der Waals surface area contributed by atoms with Gasteiger partial charge in [0.15, 0.2) is 0 Å². The SMILES string of the molecule is O=C(O)c1cccc(CC[C@H]2[C@@H](C(=O)O)[C@@H]3CC[C@H]2O3)c1. The topological polar surface area (TPSA) is 83.8 Å². The molecule has 0 amide bonds. The summed E-state index contributed by atoms with van der Waals surface area (Å²) in [4.78, 5) is 22.4. The molecule has 112 valence electrons. The van der Waals surface area contributed by atoms with E-state index in [2.05, 4.69) is 0 Å². The maximum absolute atomic E-state index is 11.4. The zero-order chi connectivity index (χ0) is 15.0. The van der Waals surface area contributed by atoms with Gasteiger partial charge >= 0.3 is 11.9 Å². The molecule has 2 heterocycles. The molecular weight excluding hydrogens is 272 g/mol. The number of aliphatic carboxylic acids is 1. The van der Waals surface area contributed by atoms with E-state index in [9.17, 15) is 14.7 Å². The second-order valence-corrected chi connectivity index (χ2v) is 5.86. The number of ether oxygens (including phenoxy) is 1. The molecule has 2 N–H and O–H groups in total. The normalized spacial score (nSPS) is 30.5. The number of aryl methyl sites for hydroxylation is 1. The molecule has 0 aromatic heterocycles. The Morgan fingerprint density at radius 1 is 1.19 bits per heavy atom. The smallest absolute Gasteiger partial charge is 0.335 e. The van der Waals surface area contributed by atoms with Gasteiger partial charge in [-0.1, -0.05) is 12.1 Å². The van der Waals surface area contributed by atoms with Gasteiger partial charge in [-0.05, 0) is 43.4 Å². The Morgan fingerprint density at radius 2 is 1.95 bits per heavy atom. The van der Waals surface area contributed by atoms with Gasteiger partial charge in [-0.15, -0.1) is 0 Å². The third-order valence-corrected chi connectivity index (χ3v) is 4.65. The molecule has 1 aromatic carbocycles. The molecule has 0 radical (unpaired) electrons. The van der Waals surface area contributed by atoms with Crippen LogP contribution in [0.1, 0.15) is 35.2 Å². The maximum atomic E-state index is 11.4. The summed E-state index contributed by atoms with van der Waals surface area (Å²) in [5.41, 5.74) is 1.20. The van der Waals surface area contributed by atoms with Crippen molar-refractivity contribution >= 4 is 11.9 Å². The average molecular weight is 290 g/mol. The second kappa shape index (κ2) is 5.48. The zero-order valence-corrected chi connectivity index (χ0v) is 11.6. The predicted molar refractivity (Wildman–Crippen MR) is 74.2 cm³/mol. The number of aromatic carboxylic acids is 1. The van der Waals surface area contributed by atoms with Crippen LogP contribution < -0.4 is 0 Å². The highest BCUT2D eigenvalue weighted by molar-refractivity contribution is 5.87. The number of hydrogen-bond donors (Lipinski definition) is 2. The Morgan fingerprint density at radius 3 is 2.67 bits per heavy atom. The summed E-state index contributed by atoms with van der Waals surface area (Å²) in [6, 6.07) is 6.83. The summed E-state index contributed by atoms with van der Waals surface area (Å²) in [7, 11) is 0. The third kappa shape index (κ3) is 2.65. The van der Waals surface area contributed by atoms with Crippen molar-refractivity contribution in [3.8, 4) is 0 Å². The summed E-state index contributed by atoms with van der Waals surface area (Å²) in [5.74, 6) is -2.09. The average Bonchev–Trinajstić information content (AvgIpc) is 3.05. The maximum Gasteiger partial charge on any atom is 0.335 e. The lowest BCUT2D eigenvalue weighted by Gasteiger charge is -2.24. The monoisotopic (exact) mass is 290 g/mol. The van der Waals surface area contributed by atoms with Crippen LogP contribution in [0.4, 0.5) is 0 Å². The van der Waals surface area contributed by atoms with Crippen LogP contribution in [-0.4, -0.2) is 34.4 Å².